The first-order chi connectivity index (χ1) is 17.3. The molecule has 2 aromatic rings. The zero-order chi connectivity index (χ0) is 25.9. The lowest BCUT2D eigenvalue weighted by Gasteiger charge is -2.25. The van der Waals surface area contributed by atoms with E-state index in [2.05, 4.69) is 0 Å². The maximum absolute atomic E-state index is 12.3. The van der Waals surface area contributed by atoms with Crippen LogP contribution in [-0.2, 0) is 51.0 Å². The summed E-state index contributed by atoms with van der Waals surface area (Å²) in [5.41, 5.74) is 13.9. The third kappa shape index (κ3) is 8.61. The van der Waals surface area contributed by atoms with Gasteiger partial charge in [0.15, 0.2) is 0 Å². The van der Waals surface area contributed by atoms with Crippen molar-refractivity contribution in [2.75, 3.05) is 25.1 Å². The van der Waals surface area contributed by atoms with Crippen LogP contribution in [0.4, 0.5) is 11.4 Å². The van der Waals surface area contributed by atoms with E-state index in [1.807, 2.05) is 0 Å². The molecule has 4 N–H and O–H groups in total. The van der Waals surface area contributed by atoms with Crippen LogP contribution in [0.2, 0.25) is 0 Å². The van der Waals surface area contributed by atoms with Crippen molar-refractivity contribution in [3.05, 3.63) is 59.7 Å². The van der Waals surface area contributed by atoms with Crippen LogP contribution in [0, 0.1) is 11.8 Å². The number of esters is 4. The van der Waals surface area contributed by atoms with Gasteiger partial charge in [-0.05, 0) is 61.1 Å². The number of nitrogens with two attached hydrogens (primary N) is 2. The third-order valence-corrected chi connectivity index (χ3v) is 5.89. The number of ether oxygens (including phenoxy) is 4. The summed E-state index contributed by atoms with van der Waals surface area (Å²) in [6.07, 6.45) is 1.84. The van der Waals surface area contributed by atoms with Crippen LogP contribution in [0.25, 0.3) is 0 Å². The number of nitrogen functional groups attached to an aromatic ring is 2. The number of rotatable bonds is 10. The molecule has 1 aliphatic carbocycles. The minimum absolute atomic E-state index is 0.0434. The first-order valence-corrected chi connectivity index (χ1v) is 11.6. The van der Waals surface area contributed by atoms with Gasteiger partial charge in [-0.2, -0.15) is 0 Å². The Morgan fingerprint density at radius 3 is 1.25 bits per heavy atom. The van der Waals surface area contributed by atoms with Crippen LogP contribution in [-0.4, -0.2) is 37.5 Å². The highest BCUT2D eigenvalue weighted by molar-refractivity contribution is 5.76. The Kier molecular flexibility index (Phi) is 9.67. The summed E-state index contributed by atoms with van der Waals surface area (Å²) >= 11 is 0. The predicted octanol–water partition coefficient (Wildman–Crippen LogP) is 2.53. The van der Waals surface area contributed by atoms with E-state index in [0.717, 1.165) is 11.1 Å². The molecule has 36 heavy (non-hydrogen) atoms. The van der Waals surface area contributed by atoms with Crippen LogP contribution in [0.15, 0.2) is 48.5 Å². The number of hydrogen-bond donors (Lipinski definition) is 2. The van der Waals surface area contributed by atoms with E-state index in [1.54, 1.807) is 48.5 Å². The molecule has 0 bridgehead atoms. The van der Waals surface area contributed by atoms with Crippen molar-refractivity contribution in [1.29, 1.82) is 0 Å². The Hall–Kier alpha value is -4.08. The number of benzene rings is 2. The fourth-order valence-electron chi connectivity index (χ4n) is 3.81. The summed E-state index contributed by atoms with van der Waals surface area (Å²) in [7, 11) is 0. The maximum atomic E-state index is 12.3. The number of hydrogen-bond acceptors (Lipinski definition) is 10. The average molecular weight is 499 g/mol. The molecule has 0 heterocycles. The van der Waals surface area contributed by atoms with Gasteiger partial charge in [-0.25, -0.2) is 0 Å². The monoisotopic (exact) mass is 498 g/mol. The smallest absolute Gasteiger partial charge is 0.313 e. The molecule has 10 heteroatoms. The lowest BCUT2D eigenvalue weighted by atomic mass is 9.82. The van der Waals surface area contributed by atoms with E-state index >= 15 is 0 Å². The van der Waals surface area contributed by atoms with E-state index < -0.39 is 37.5 Å². The number of carbonyl (C=O) groups excluding carboxylic acids is 4. The Morgan fingerprint density at radius 2 is 0.917 bits per heavy atom. The van der Waals surface area contributed by atoms with Crippen molar-refractivity contribution in [2.45, 2.75) is 38.5 Å². The lowest BCUT2D eigenvalue weighted by molar-refractivity contribution is -0.175. The highest BCUT2D eigenvalue weighted by atomic mass is 16.7. The summed E-state index contributed by atoms with van der Waals surface area (Å²) in [4.78, 5) is 48.3. The van der Waals surface area contributed by atoms with Gasteiger partial charge in [0.2, 0.25) is 13.6 Å². The first kappa shape index (κ1) is 26.5. The normalized spacial score (nSPS) is 17.0. The molecule has 0 unspecified atom stereocenters. The van der Waals surface area contributed by atoms with Gasteiger partial charge in [0.1, 0.15) is 0 Å². The Balaban J connectivity index is 1.27. The molecular weight excluding hydrogens is 468 g/mol. The van der Waals surface area contributed by atoms with Crippen molar-refractivity contribution < 1.29 is 38.1 Å². The Morgan fingerprint density at radius 1 is 0.583 bits per heavy atom. The van der Waals surface area contributed by atoms with Crippen LogP contribution in [0.5, 0.6) is 0 Å². The number of carbonyl (C=O) groups is 4. The van der Waals surface area contributed by atoms with E-state index in [9.17, 15) is 19.2 Å². The van der Waals surface area contributed by atoms with Gasteiger partial charge in [0.25, 0.3) is 0 Å². The SMILES string of the molecule is Nc1ccc(CC(=O)OCOC(=O)C2CCC(C(=O)OCOC(=O)Cc3ccc(N)cc3)CC2)cc1. The standard InChI is InChI=1S/C26H30N2O8/c27-21-9-1-17(2-10-21)13-23(29)33-15-35-25(31)19-5-7-20(8-6-19)26(32)36-16-34-24(30)14-18-3-11-22(28)12-4-18/h1-4,9-12,19-20H,5-8,13-16,27-28H2. The molecule has 3 rings (SSSR count). The Labute approximate surface area is 208 Å². The summed E-state index contributed by atoms with van der Waals surface area (Å²) in [5, 5.41) is 0. The summed E-state index contributed by atoms with van der Waals surface area (Å²) in [6.45, 7) is -0.924. The van der Waals surface area contributed by atoms with Gasteiger partial charge in [-0.3, -0.25) is 19.2 Å². The van der Waals surface area contributed by atoms with Crippen LogP contribution >= 0.6 is 0 Å². The molecule has 0 spiro atoms. The summed E-state index contributed by atoms with van der Waals surface area (Å²) < 4.78 is 20.1. The second-order valence-electron chi connectivity index (χ2n) is 8.58. The van der Waals surface area contributed by atoms with Crippen molar-refractivity contribution in [1.82, 2.24) is 0 Å². The number of anilines is 2. The molecule has 1 saturated carbocycles. The molecule has 0 amide bonds. The summed E-state index contributed by atoms with van der Waals surface area (Å²) in [6, 6.07) is 13.6. The van der Waals surface area contributed by atoms with Crippen LogP contribution in [0.1, 0.15) is 36.8 Å². The topological polar surface area (TPSA) is 157 Å². The van der Waals surface area contributed by atoms with E-state index in [-0.39, 0.29) is 24.7 Å². The van der Waals surface area contributed by atoms with Crippen molar-refractivity contribution in [3.63, 3.8) is 0 Å². The van der Waals surface area contributed by atoms with Gasteiger partial charge in [0.05, 0.1) is 24.7 Å². The third-order valence-electron chi connectivity index (χ3n) is 5.89. The molecule has 0 atom stereocenters. The van der Waals surface area contributed by atoms with Gasteiger partial charge in [-0.1, -0.05) is 24.3 Å². The molecule has 1 aliphatic rings. The minimum atomic E-state index is -0.520. The molecule has 192 valence electrons. The highest BCUT2D eigenvalue weighted by Gasteiger charge is 2.32. The highest BCUT2D eigenvalue weighted by Crippen LogP contribution is 2.30. The molecule has 10 nitrogen and oxygen atoms in total. The van der Waals surface area contributed by atoms with E-state index in [0.29, 0.717) is 37.1 Å². The molecule has 1 fully saturated rings. The van der Waals surface area contributed by atoms with Gasteiger partial charge in [-0.15, -0.1) is 0 Å². The largest absolute Gasteiger partial charge is 0.428 e. The second kappa shape index (κ2) is 13.1. The van der Waals surface area contributed by atoms with E-state index in [1.165, 1.54) is 0 Å². The van der Waals surface area contributed by atoms with E-state index in [4.69, 9.17) is 30.4 Å². The molecule has 0 radical (unpaired) electrons. The molecular formula is C26H30N2O8. The quantitative estimate of drug-likeness (QED) is 0.283. The average Bonchev–Trinajstić information content (AvgIpc) is 2.87. The van der Waals surface area contributed by atoms with Crippen LogP contribution < -0.4 is 11.5 Å². The molecule has 0 aromatic heterocycles. The zero-order valence-electron chi connectivity index (χ0n) is 19.9. The molecule has 0 saturated heterocycles. The maximum Gasteiger partial charge on any atom is 0.313 e. The van der Waals surface area contributed by atoms with Crippen LogP contribution in [0.3, 0.4) is 0 Å². The first-order valence-electron chi connectivity index (χ1n) is 11.6. The Bertz CT molecular complexity index is 959. The predicted molar refractivity (Wildman–Crippen MR) is 129 cm³/mol. The van der Waals surface area contributed by atoms with Gasteiger partial charge in [0, 0.05) is 11.4 Å². The van der Waals surface area contributed by atoms with Crippen molar-refractivity contribution in [3.8, 4) is 0 Å². The lowest BCUT2D eigenvalue weighted by Crippen LogP contribution is -2.29. The zero-order valence-corrected chi connectivity index (χ0v) is 19.9. The second-order valence-corrected chi connectivity index (χ2v) is 8.58. The molecule has 2 aromatic carbocycles. The fraction of sp³-hybridized carbons (Fsp3) is 0.385. The summed E-state index contributed by atoms with van der Waals surface area (Å²) in [5.74, 6) is -2.76. The minimum Gasteiger partial charge on any atom is -0.428 e. The van der Waals surface area contributed by atoms with Crippen molar-refractivity contribution >= 4 is 35.3 Å². The van der Waals surface area contributed by atoms with Gasteiger partial charge < -0.3 is 30.4 Å². The van der Waals surface area contributed by atoms with Gasteiger partial charge >= 0.3 is 23.9 Å². The fourth-order valence-corrected chi connectivity index (χ4v) is 3.81. The van der Waals surface area contributed by atoms with Crippen molar-refractivity contribution in [2.24, 2.45) is 11.8 Å². The molecule has 0 aliphatic heterocycles.